The molecular formula is C17H15Cl5F2N4O2. The molecule has 0 saturated heterocycles. The van der Waals surface area contributed by atoms with E-state index in [1.807, 2.05) is 0 Å². The molecule has 0 aliphatic rings. The number of oxime groups is 1. The third kappa shape index (κ3) is 5.48. The second kappa shape index (κ2) is 10.3. The molecule has 13 heteroatoms. The van der Waals surface area contributed by atoms with E-state index in [9.17, 15) is 13.6 Å². The Morgan fingerprint density at radius 3 is 2.23 bits per heavy atom. The van der Waals surface area contributed by atoms with Crippen LogP contribution in [0.15, 0.2) is 11.4 Å². The van der Waals surface area contributed by atoms with Crippen LogP contribution >= 0.6 is 58.0 Å². The standard InChI is InChI=1S/C17H15Cl5F2N4O2/c1-6(25-17(29)8-4-28(3)26-15(8)16(23)24)5-30-27-7(2)9-10(18)12(20)14(22)13(21)11(9)19/h4,6,16H,5H2,1-3H3,(H,25,29)/b27-7+. The Kier molecular flexibility index (Phi) is 8.59. The maximum atomic E-state index is 13.0. The lowest BCUT2D eigenvalue weighted by Gasteiger charge is -2.14. The Balaban J connectivity index is 2.06. The van der Waals surface area contributed by atoms with Crippen LogP contribution in [-0.2, 0) is 11.9 Å². The van der Waals surface area contributed by atoms with Crippen LogP contribution in [0.4, 0.5) is 8.78 Å². The number of aryl methyl sites for hydroxylation is 1. The number of alkyl halides is 2. The molecule has 0 aliphatic heterocycles. The molecule has 0 fully saturated rings. The van der Waals surface area contributed by atoms with Gasteiger partial charge < -0.3 is 10.2 Å². The molecule has 2 rings (SSSR count). The molecule has 1 heterocycles. The van der Waals surface area contributed by atoms with Crippen LogP contribution in [0.3, 0.4) is 0 Å². The van der Waals surface area contributed by atoms with Crippen molar-refractivity contribution in [2.75, 3.05) is 6.61 Å². The molecule has 1 amide bonds. The van der Waals surface area contributed by atoms with Gasteiger partial charge in [-0.25, -0.2) is 8.78 Å². The highest BCUT2D eigenvalue weighted by molar-refractivity contribution is 6.56. The normalized spacial score (nSPS) is 13.0. The lowest BCUT2D eigenvalue weighted by Crippen LogP contribution is -2.35. The van der Waals surface area contributed by atoms with E-state index in [1.54, 1.807) is 13.8 Å². The summed E-state index contributed by atoms with van der Waals surface area (Å²) in [4.78, 5) is 17.5. The van der Waals surface area contributed by atoms with Crippen LogP contribution in [0.25, 0.3) is 0 Å². The topological polar surface area (TPSA) is 68.5 Å². The molecule has 0 radical (unpaired) electrons. The molecule has 6 nitrogen and oxygen atoms in total. The minimum Gasteiger partial charge on any atom is -0.393 e. The van der Waals surface area contributed by atoms with E-state index >= 15 is 0 Å². The number of halogens is 7. The first kappa shape index (κ1) is 24.9. The average Bonchev–Trinajstić information content (AvgIpc) is 3.07. The van der Waals surface area contributed by atoms with Crippen LogP contribution in [-0.4, -0.2) is 34.0 Å². The molecule has 1 aromatic heterocycles. The highest BCUT2D eigenvalue weighted by atomic mass is 35.5. The van der Waals surface area contributed by atoms with E-state index in [0.29, 0.717) is 0 Å². The highest BCUT2D eigenvalue weighted by Gasteiger charge is 2.24. The zero-order valence-electron chi connectivity index (χ0n) is 15.7. The van der Waals surface area contributed by atoms with Crippen molar-refractivity contribution in [3.63, 3.8) is 0 Å². The number of nitrogens with one attached hydrogen (secondary N) is 1. The van der Waals surface area contributed by atoms with Crippen molar-refractivity contribution in [2.24, 2.45) is 12.2 Å². The fraction of sp³-hybridized carbons (Fsp3) is 0.353. The molecule has 0 saturated carbocycles. The van der Waals surface area contributed by atoms with Gasteiger partial charge in [-0.2, -0.15) is 5.10 Å². The van der Waals surface area contributed by atoms with E-state index in [-0.39, 0.29) is 48.6 Å². The van der Waals surface area contributed by atoms with Gasteiger partial charge in [-0.3, -0.25) is 9.48 Å². The van der Waals surface area contributed by atoms with E-state index in [1.165, 1.54) is 13.2 Å². The largest absolute Gasteiger partial charge is 0.393 e. The molecule has 2 aromatic rings. The van der Waals surface area contributed by atoms with Crippen LogP contribution in [0.2, 0.25) is 25.1 Å². The summed E-state index contributed by atoms with van der Waals surface area (Å²) < 4.78 is 27.1. The maximum Gasteiger partial charge on any atom is 0.282 e. The Hall–Kier alpha value is -1.32. The first-order valence-corrected chi connectivity index (χ1v) is 10.2. The predicted molar refractivity (Wildman–Crippen MR) is 115 cm³/mol. The molecule has 0 aliphatic carbocycles. The first-order chi connectivity index (χ1) is 14.0. The number of amides is 1. The number of hydrogen-bond donors (Lipinski definition) is 1. The summed E-state index contributed by atoms with van der Waals surface area (Å²) in [6, 6.07) is -0.567. The second-order valence-corrected chi connectivity index (χ2v) is 8.08. The summed E-state index contributed by atoms with van der Waals surface area (Å²) in [5.74, 6) is -0.711. The fourth-order valence-electron chi connectivity index (χ4n) is 2.40. The number of nitrogens with zero attached hydrogens (tertiary/aromatic N) is 3. The lowest BCUT2D eigenvalue weighted by molar-refractivity contribution is 0.0855. The lowest BCUT2D eigenvalue weighted by atomic mass is 10.1. The van der Waals surface area contributed by atoms with Gasteiger partial charge in [0.25, 0.3) is 12.3 Å². The quantitative estimate of drug-likeness (QED) is 0.204. The van der Waals surface area contributed by atoms with Gasteiger partial charge in [0.2, 0.25) is 0 Å². The van der Waals surface area contributed by atoms with Gasteiger partial charge in [-0.05, 0) is 13.8 Å². The Morgan fingerprint density at radius 2 is 1.70 bits per heavy atom. The summed E-state index contributed by atoms with van der Waals surface area (Å²) in [6.07, 6.45) is -1.66. The molecule has 1 unspecified atom stereocenters. The molecule has 0 bridgehead atoms. The Labute approximate surface area is 196 Å². The first-order valence-electron chi connectivity index (χ1n) is 8.26. The van der Waals surface area contributed by atoms with Crippen LogP contribution in [0.5, 0.6) is 0 Å². The van der Waals surface area contributed by atoms with E-state index in [4.69, 9.17) is 62.8 Å². The molecule has 1 aromatic carbocycles. The summed E-state index contributed by atoms with van der Waals surface area (Å²) in [6.45, 7) is 3.09. The van der Waals surface area contributed by atoms with Crippen molar-refractivity contribution in [1.29, 1.82) is 0 Å². The molecule has 1 atom stereocenters. The maximum absolute atomic E-state index is 13.0. The van der Waals surface area contributed by atoms with Crippen LogP contribution in [0, 0.1) is 0 Å². The number of aromatic nitrogens is 2. The third-order valence-electron chi connectivity index (χ3n) is 3.78. The zero-order valence-corrected chi connectivity index (χ0v) is 19.5. The summed E-state index contributed by atoms with van der Waals surface area (Å²) in [5, 5.41) is 10.2. The Morgan fingerprint density at radius 1 is 1.17 bits per heavy atom. The number of carbonyl (C=O) groups is 1. The van der Waals surface area contributed by atoms with Crippen molar-refractivity contribution < 1.29 is 18.4 Å². The van der Waals surface area contributed by atoms with Crippen LogP contribution in [0.1, 0.15) is 41.9 Å². The number of rotatable bonds is 7. The van der Waals surface area contributed by atoms with E-state index < -0.39 is 24.1 Å². The molecule has 164 valence electrons. The van der Waals surface area contributed by atoms with Gasteiger partial charge in [0.05, 0.1) is 42.4 Å². The van der Waals surface area contributed by atoms with Gasteiger partial charge in [0.15, 0.2) is 0 Å². The third-order valence-corrected chi connectivity index (χ3v) is 6.06. The minimum atomic E-state index is -2.88. The number of hydrogen-bond acceptors (Lipinski definition) is 4. The van der Waals surface area contributed by atoms with Crippen molar-refractivity contribution in [3.05, 3.63) is 48.1 Å². The molecule has 0 spiro atoms. The highest BCUT2D eigenvalue weighted by Crippen LogP contribution is 2.44. The van der Waals surface area contributed by atoms with Gasteiger partial charge in [0, 0.05) is 18.8 Å². The predicted octanol–water partition coefficient (Wildman–Crippen LogP) is 6.18. The Bertz CT molecular complexity index is 968. The van der Waals surface area contributed by atoms with E-state index in [2.05, 4.69) is 15.6 Å². The summed E-state index contributed by atoms with van der Waals surface area (Å²) >= 11 is 30.3. The summed E-state index contributed by atoms with van der Waals surface area (Å²) in [7, 11) is 1.44. The average molecular weight is 523 g/mol. The summed E-state index contributed by atoms with van der Waals surface area (Å²) in [5.41, 5.74) is -0.316. The van der Waals surface area contributed by atoms with Crippen LogP contribution < -0.4 is 5.32 Å². The van der Waals surface area contributed by atoms with Crippen molar-refractivity contribution in [1.82, 2.24) is 15.1 Å². The fourth-order valence-corrected chi connectivity index (χ4v) is 3.81. The van der Waals surface area contributed by atoms with Crippen molar-refractivity contribution >= 4 is 69.6 Å². The molecule has 1 N–H and O–H groups in total. The van der Waals surface area contributed by atoms with E-state index in [0.717, 1.165) is 4.68 Å². The van der Waals surface area contributed by atoms with Crippen molar-refractivity contribution in [2.45, 2.75) is 26.3 Å². The molecule has 30 heavy (non-hydrogen) atoms. The number of benzene rings is 1. The zero-order chi connectivity index (χ0) is 22.7. The van der Waals surface area contributed by atoms with Gasteiger partial charge in [-0.1, -0.05) is 63.2 Å². The minimum absolute atomic E-state index is 0.0145. The van der Waals surface area contributed by atoms with Crippen molar-refractivity contribution in [3.8, 4) is 0 Å². The number of carbonyl (C=O) groups excluding carboxylic acids is 1. The second-order valence-electron chi connectivity index (χ2n) is 6.19. The van der Waals surface area contributed by atoms with Gasteiger partial charge >= 0.3 is 0 Å². The smallest absolute Gasteiger partial charge is 0.282 e. The SMILES string of the molecule is C/C(=N\OCC(C)NC(=O)c1cn(C)nc1C(F)F)c1c(Cl)c(Cl)c(Cl)c(Cl)c1Cl. The van der Waals surface area contributed by atoms with Gasteiger partial charge in [0.1, 0.15) is 12.3 Å². The van der Waals surface area contributed by atoms with Gasteiger partial charge in [-0.15, -0.1) is 0 Å². The monoisotopic (exact) mass is 520 g/mol. The molecular weight excluding hydrogens is 507 g/mol.